The fourth-order valence-corrected chi connectivity index (χ4v) is 6.54. The maximum absolute atomic E-state index is 13.3. The largest absolute Gasteiger partial charge is 0.481 e. The third-order valence-electron chi connectivity index (χ3n) is 8.39. The lowest BCUT2D eigenvalue weighted by molar-refractivity contribution is -0.153. The van der Waals surface area contributed by atoms with Gasteiger partial charge in [0.25, 0.3) is 0 Å². The molecular weight excluding hydrogens is 617 g/mol. The second kappa shape index (κ2) is 11.2. The van der Waals surface area contributed by atoms with Gasteiger partial charge in [0.05, 0.1) is 4.47 Å². The molecule has 0 atom stereocenters. The van der Waals surface area contributed by atoms with Gasteiger partial charge in [-0.2, -0.15) is 18.2 Å². The molecule has 3 fully saturated rings. The molecule has 1 amide bonds. The van der Waals surface area contributed by atoms with Gasteiger partial charge in [0.15, 0.2) is 12.4 Å². The van der Waals surface area contributed by atoms with Crippen molar-refractivity contribution in [2.45, 2.75) is 64.8 Å². The molecule has 4 heterocycles. The molecule has 1 spiro atoms. The zero-order chi connectivity index (χ0) is 30.6. The number of carbonyl (C=O) groups is 1. The second-order valence-electron chi connectivity index (χ2n) is 13.0. The normalized spacial score (nSPS) is 19.4. The van der Waals surface area contributed by atoms with Crippen LogP contribution in [0.15, 0.2) is 10.5 Å². The Kier molecular flexibility index (Phi) is 8.23. The van der Waals surface area contributed by atoms with E-state index in [1.165, 1.54) is 0 Å². The second-order valence-corrected chi connectivity index (χ2v) is 13.8. The molecule has 9 nitrogen and oxygen atoms in total. The molecule has 0 aliphatic carbocycles. The standard InChI is InChI=1S/C29H40BrF3N6O3/c1-7-18-12-20-22(23(21(18)30)41-17-29(31,32)33)34-25(38-13-19(14-38)36(5)6)35-24(20)37-10-8-28(9-11-37)15-39(16-28)26(40)42-27(2,3)4/h12,19H,7-11,13-17H2,1-6H3. The van der Waals surface area contributed by atoms with Crippen molar-refractivity contribution in [2.75, 3.05) is 69.8 Å². The zero-order valence-electron chi connectivity index (χ0n) is 25.1. The van der Waals surface area contributed by atoms with Gasteiger partial charge in [-0.1, -0.05) is 6.92 Å². The fraction of sp³-hybridized carbons (Fsp3) is 0.690. The van der Waals surface area contributed by atoms with Gasteiger partial charge in [0.2, 0.25) is 5.95 Å². The number of carbonyl (C=O) groups excluding carboxylic acids is 1. The summed E-state index contributed by atoms with van der Waals surface area (Å²) in [7, 11) is 4.05. The Morgan fingerprint density at radius 1 is 1.12 bits per heavy atom. The van der Waals surface area contributed by atoms with E-state index >= 15 is 0 Å². The van der Waals surface area contributed by atoms with E-state index in [2.05, 4.69) is 30.6 Å². The minimum absolute atomic E-state index is 0.0358. The number of alkyl halides is 3. The molecule has 3 saturated heterocycles. The van der Waals surface area contributed by atoms with Gasteiger partial charge < -0.3 is 29.1 Å². The topological polar surface area (TPSA) is 74.3 Å². The smallest absolute Gasteiger partial charge is 0.422 e. The van der Waals surface area contributed by atoms with E-state index in [-0.39, 0.29) is 17.3 Å². The van der Waals surface area contributed by atoms with Gasteiger partial charge in [-0.05, 0) is 81.7 Å². The maximum atomic E-state index is 13.3. The lowest BCUT2D eigenvalue weighted by Gasteiger charge is -2.53. The molecule has 1 aromatic carbocycles. The van der Waals surface area contributed by atoms with Gasteiger partial charge in [0.1, 0.15) is 16.9 Å². The summed E-state index contributed by atoms with van der Waals surface area (Å²) < 4.78 is 51.2. The van der Waals surface area contributed by atoms with Gasteiger partial charge in [-0.25, -0.2) is 9.78 Å². The first-order valence-corrected chi connectivity index (χ1v) is 15.2. The summed E-state index contributed by atoms with van der Waals surface area (Å²) in [5, 5.41) is 0.681. The van der Waals surface area contributed by atoms with Crippen LogP contribution in [-0.4, -0.2) is 104 Å². The SMILES string of the molecule is CCc1cc2c(N3CCC4(CC3)CN(C(=O)OC(C)(C)C)C4)nc(N3CC(N(C)C)C3)nc2c(OCC(F)(F)F)c1Br. The summed E-state index contributed by atoms with van der Waals surface area (Å²) in [6, 6.07) is 2.32. The highest BCUT2D eigenvalue weighted by molar-refractivity contribution is 9.10. The number of likely N-dealkylation sites (tertiary alicyclic amines) is 1. The summed E-state index contributed by atoms with van der Waals surface area (Å²) in [5.74, 6) is 1.29. The van der Waals surface area contributed by atoms with E-state index in [0.717, 1.165) is 31.5 Å². The third-order valence-corrected chi connectivity index (χ3v) is 9.26. The molecule has 42 heavy (non-hydrogen) atoms. The van der Waals surface area contributed by atoms with Gasteiger partial charge in [-0.3, -0.25) is 0 Å². The van der Waals surface area contributed by atoms with Crippen LogP contribution >= 0.6 is 15.9 Å². The number of benzene rings is 1. The number of nitrogens with zero attached hydrogens (tertiary/aromatic N) is 6. The van der Waals surface area contributed by atoms with Gasteiger partial charge >= 0.3 is 12.3 Å². The first-order valence-electron chi connectivity index (χ1n) is 14.4. The molecule has 0 N–H and O–H groups in total. The summed E-state index contributed by atoms with van der Waals surface area (Å²) in [6.45, 7) is 10.3. The average Bonchev–Trinajstić information content (AvgIpc) is 2.83. The number of ether oxygens (including phenoxy) is 2. The number of amides is 1. The molecule has 1 aromatic heterocycles. The molecule has 0 saturated carbocycles. The van der Waals surface area contributed by atoms with Crippen molar-refractivity contribution in [2.24, 2.45) is 5.41 Å². The predicted molar refractivity (Wildman–Crippen MR) is 160 cm³/mol. The molecule has 0 bridgehead atoms. The number of rotatable bonds is 6. The number of halogens is 4. The van der Waals surface area contributed by atoms with E-state index in [4.69, 9.17) is 19.4 Å². The van der Waals surface area contributed by atoms with Crippen molar-refractivity contribution in [3.8, 4) is 5.75 Å². The summed E-state index contributed by atoms with van der Waals surface area (Å²) in [5.41, 5.74) is 0.701. The number of anilines is 2. The lowest BCUT2D eigenvalue weighted by Crippen LogP contribution is -2.62. The van der Waals surface area contributed by atoms with Crippen LogP contribution in [0.1, 0.15) is 46.1 Å². The van der Waals surface area contributed by atoms with E-state index in [0.29, 0.717) is 65.8 Å². The Balaban J connectivity index is 1.45. The Hall–Kier alpha value is -2.54. The highest BCUT2D eigenvalue weighted by atomic mass is 79.9. The van der Waals surface area contributed by atoms with Crippen molar-refractivity contribution in [1.29, 1.82) is 0 Å². The Morgan fingerprint density at radius 2 is 1.76 bits per heavy atom. The van der Waals surface area contributed by atoms with Gasteiger partial charge in [-0.15, -0.1) is 0 Å². The van der Waals surface area contributed by atoms with Crippen molar-refractivity contribution in [1.82, 2.24) is 19.8 Å². The Morgan fingerprint density at radius 3 is 2.31 bits per heavy atom. The first-order chi connectivity index (χ1) is 19.6. The van der Waals surface area contributed by atoms with Crippen LogP contribution in [0.4, 0.5) is 29.7 Å². The number of hydrogen-bond donors (Lipinski definition) is 0. The van der Waals surface area contributed by atoms with E-state index in [1.807, 2.05) is 47.9 Å². The number of aryl methyl sites for hydroxylation is 1. The van der Waals surface area contributed by atoms with Gasteiger partial charge in [0, 0.05) is 56.1 Å². The molecule has 0 radical (unpaired) electrons. The van der Waals surface area contributed by atoms with Crippen LogP contribution in [0.5, 0.6) is 5.75 Å². The van der Waals surface area contributed by atoms with Crippen LogP contribution in [0.25, 0.3) is 10.9 Å². The minimum Gasteiger partial charge on any atom is -0.481 e. The average molecular weight is 658 g/mol. The van der Waals surface area contributed by atoms with E-state index in [9.17, 15) is 18.0 Å². The fourth-order valence-electron chi connectivity index (χ4n) is 5.84. The number of fused-ring (bicyclic) bond motifs is 1. The summed E-state index contributed by atoms with van der Waals surface area (Å²) >= 11 is 3.51. The van der Waals surface area contributed by atoms with E-state index < -0.39 is 18.4 Å². The molecule has 2 aromatic rings. The quantitative estimate of drug-likeness (QED) is 0.405. The van der Waals surface area contributed by atoms with Crippen LogP contribution in [0.3, 0.4) is 0 Å². The molecule has 3 aliphatic rings. The first kappa shape index (κ1) is 30.9. The molecule has 0 unspecified atom stereocenters. The van der Waals surface area contributed by atoms with E-state index in [1.54, 1.807) is 4.90 Å². The maximum Gasteiger partial charge on any atom is 0.422 e. The number of aromatic nitrogens is 2. The number of hydrogen-bond acceptors (Lipinski definition) is 8. The molecule has 232 valence electrons. The van der Waals surface area contributed by atoms with Crippen molar-refractivity contribution in [3.05, 3.63) is 16.1 Å². The predicted octanol–water partition coefficient (Wildman–Crippen LogP) is 5.48. The van der Waals surface area contributed by atoms with Crippen molar-refractivity contribution >= 4 is 44.7 Å². The number of likely N-dealkylation sites (N-methyl/N-ethyl adjacent to an activating group) is 1. The molecule has 13 heteroatoms. The van der Waals surface area contributed by atoms with Crippen molar-refractivity contribution in [3.63, 3.8) is 0 Å². The molecule has 3 aliphatic heterocycles. The monoisotopic (exact) mass is 656 g/mol. The van der Waals surface area contributed by atoms with Crippen LogP contribution in [0.2, 0.25) is 0 Å². The minimum atomic E-state index is -4.49. The Labute approximate surface area is 253 Å². The van der Waals surface area contributed by atoms with Crippen LogP contribution in [-0.2, 0) is 11.2 Å². The third kappa shape index (κ3) is 6.36. The van der Waals surface area contributed by atoms with Crippen LogP contribution in [0, 0.1) is 5.41 Å². The lowest BCUT2D eigenvalue weighted by atomic mass is 9.72. The number of piperidine rings is 1. The molecular formula is C29H40BrF3N6O3. The van der Waals surface area contributed by atoms with Crippen LogP contribution < -0.4 is 14.5 Å². The highest BCUT2D eigenvalue weighted by Crippen LogP contribution is 2.45. The van der Waals surface area contributed by atoms with Crippen molar-refractivity contribution < 1.29 is 27.4 Å². The molecule has 5 rings (SSSR count). The summed E-state index contributed by atoms with van der Waals surface area (Å²) in [4.78, 5) is 30.5. The zero-order valence-corrected chi connectivity index (χ0v) is 26.7. The Bertz CT molecular complexity index is 1330. The highest BCUT2D eigenvalue weighted by Gasteiger charge is 2.48. The summed E-state index contributed by atoms with van der Waals surface area (Å²) in [6.07, 6.45) is -2.43.